The van der Waals surface area contributed by atoms with Crippen molar-refractivity contribution in [2.75, 3.05) is 6.61 Å². The first-order valence-electron chi connectivity index (χ1n) is 7.92. The van der Waals surface area contributed by atoms with Crippen molar-refractivity contribution in [1.29, 1.82) is 0 Å². The Hall–Kier alpha value is -2.22. The molecule has 1 amide bonds. The number of aromatic amines is 1. The first-order valence-corrected chi connectivity index (χ1v) is 8.74. The number of aromatic nitrogens is 2. The van der Waals surface area contributed by atoms with Gasteiger partial charge in [-0.15, -0.1) is 11.3 Å². The number of H-pyrrole nitrogens is 1. The molecule has 0 spiro atoms. The number of amides is 1. The minimum absolute atomic E-state index is 0.188. The third-order valence-corrected chi connectivity index (χ3v) is 5.32. The normalized spacial score (nSPS) is 14.9. The van der Waals surface area contributed by atoms with Crippen molar-refractivity contribution < 1.29 is 14.3 Å². The van der Waals surface area contributed by atoms with Crippen LogP contribution >= 0.6 is 11.3 Å². The second-order valence-corrected chi connectivity index (χ2v) is 7.01. The van der Waals surface area contributed by atoms with Crippen LogP contribution in [0.3, 0.4) is 0 Å². The zero-order valence-electron chi connectivity index (χ0n) is 13.6. The fourth-order valence-electron chi connectivity index (χ4n) is 2.98. The van der Waals surface area contributed by atoms with Gasteiger partial charge < -0.3 is 15.0 Å². The number of nitrogens with one attached hydrogen (secondary N) is 2. The number of esters is 1. The fraction of sp³-hybridized carbons (Fsp3) is 0.500. The van der Waals surface area contributed by atoms with Crippen molar-refractivity contribution in [1.82, 2.24) is 15.3 Å². The largest absolute Gasteiger partial charge is 0.451 e. The van der Waals surface area contributed by atoms with Gasteiger partial charge in [-0.1, -0.05) is 12.8 Å². The maximum Gasteiger partial charge on any atom is 0.349 e. The van der Waals surface area contributed by atoms with Gasteiger partial charge in [0.2, 0.25) is 0 Å². The SMILES string of the molecule is Cc1nc2sc(C(=O)OCC(=O)NC3CCCC3)c(C)c2c(=O)[nH]1. The number of carbonyl (C=O) groups is 2. The van der Waals surface area contributed by atoms with Crippen molar-refractivity contribution in [3.05, 3.63) is 26.6 Å². The molecule has 3 rings (SSSR count). The van der Waals surface area contributed by atoms with E-state index >= 15 is 0 Å². The summed E-state index contributed by atoms with van der Waals surface area (Å²) < 4.78 is 5.10. The van der Waals surface area contributed by atoms with E-state index in [2.05, 4.69) is 15.3 Å². The molecule has 0 aromatic carbocycles. The monoisotopic (exact) mass is 349 g/mol. The van der Waals surface area contributed by atoms with Crippen molar-refractivity contribution in [2.45, 2.75) is 45.6 Å². The van der Waals surface area contributed by atoms with E-state index < -0.39 is 5.97 Å². The average Bonchev–Trinajstić information content (AvgIpc) is 3.12. The molecule has 0 radical (unpaired) electrons. The van der Waals surface area contributed by atoms with E-state index in [1.165, 1.54) is 0 Å². The van der Waals surface area contributed by atoms with E-state index in [1.54, 1.807) is 13.8 Å². The highest BCUT2D eigenvalue weighted by Gasteiger charge is 2.22. The van der Waals surface area contributed by atoms with Crippen molar-refractivity contribution in [3.63, 3.8) is 0 Å². The first-order chi connectivity index (χ1) is 11.5. The molecule has 1 fully saturated rings. The van der Waals surface area contributed by atoms with E-state index in [0.717, 1.165) is 37.0 Å². The number of fused-ring (bicyclic) bond motifs is 1. The summed E-state index contributed by atoms with van der Waals surface area (Å²) in [7, 11) is 0. The van der Waals surface area contributed by atoms with Crippen LogP contribution < -0.4 is 10.9 Å². The molecule has 0 saturated heterocycles. The molecule has 24 heavy (non-hydrogen) atoms. The molecule has 2 N–H and O–H groups in total. The number of hydrogen-bond acceptors (Lipinski definition) is 6. The zero-order chi connectivity index (χ0) is 17.3. The Bertz CT molecular complexity index is 849. The molecule has 0 unspecified atom stereocenters. The summed E-state index contributed by atoms with van der Waals surface area (Å²) in [5.74, 6) is -0.403. The van der Waals surface area contributed by atoms with Crippen molar-refractivity contribution in [2.24, 2.45) is 0 Å². The van der Waals surface area contributed by atoms with Gasteiger partial charge in [0.15, 0.2) is 6.61 Å². The molecular weight excluding hydrogens is 330 g/mol. The number of carbonyl (C=O) groups excluding carboxylic acids is 2. The van der Waals surface area contributed by atoms with Gasteiger partial charge in [-0.25, -0.2) is 9.78 Å². The van der Waals surface area contributed by atoms with Gasteiger partial charge >= 0.3 is 5.97 Å². The predicted molar refractivity (Wildman–Crippen MR) is 90.4 cm³/mol. The highest BCUT2D eigenvalue weighted by molar-refractivity contribution is 7.20. The molecular formula is C16H19N3O4S. The van der Waals surface area contributed by atoms with Gasteiger partial charge in [-0.3, -0.25) is 9.59 Å². The van der Waals surface area contributed by atoms with Crippen LogP contribution in [0.1, 0.15) is 46.7 Å². The Morgan fingerprint density at radius 3 is 2.75 bits per heavy atom. The molecule has 1 aliphatic rings. The summed E-state index contributed by atoms with van der Waals surface area (Å²) in [6.45, 7) is 3.05. The molecule has 128 valence electrons. The lowest BCUT2D eigenvalue weighted by atomic mass is 10.2. The molecule has 8 heteroatoms. The minimum Gasteiger partial charge on any atom is -0.451 e. The molecule has 0 atom stereocenters. The van der Waals surface area contributed by atoms with E-state index in [9.17, 15) is 14.4 Å². The molecule has 1 aliphatic carbocycles. The predicted octanol–water partition coefficient (Wildman–Crippen LogP) is 1.82. The molecule has 2 aromatic heterocycles. The Balaban J connectivity index is 1.70. The summed E-state index contributed by atoms with van der Waals surface area (Å²) in [5.41, 5.74) is 0.259. The van der Waals surface area contributed by atoms with Gasteiger partial charge in [0.25, 0.3) is 11.5 Å². The third kappa shape index (κ3) is 3.33. The van der Waals surface area contributed by atoms with Crippen molar-refractivity contribution in [3.8, 4) is 0 Å². The molecule has 2 aromatic rings. The van der Waals surface area contributed by atoms with Crippen LogP contribution in [0.2, 0.25) is 0 Å². The Morgan fingerprint density at radius 2 is 2.04 bits per heavy atom. The van der Waals surface area contributed by atoms with Crippen LogP contribution in [-0.4, -0.2) is 34.5 Å². The average molecular weight is 349 g/mol. The molecule has 2 heterocycles. The Morgan fingerprint density at radius 1 is 1.33 bits per heavy atom. The molecule has 0 aliphatic heterocycles. The first kappa shape index (κ1) is 16.6. The number of aryl methyl sites for hydroxylation is 2. The summed E-state index contributed by atoms with van der Waals surface area (Å²) in [6, 6.07) is 0.188. The molecule has 1 saturated carbocycles. The lowest BCUT2D eigenvalue weighted by Crippen LogP contribution is -2.35. The second-order valence-electron chi connectivity index (χ2n) is 6.01. The van der Waals surface area contributed by atoms with Gasteiger partial charge in [0.1, 0.15) is 15.5 Å². The summed E-state index contributed by atoms with van der Waals surface area (Å²) >= 11 is 1.11. The second kappa shape index (κ2) is 6.72. The Labute approximate surface area is 142 Å². The molecule has 0 bridgehead atoms. The van der Waals surface area contributed by atoms with E-state index in [-0.39, 0.29) is 24.1 Å². The van der Waals surface area contributed by atoms with E-state index in [1.807, 2.05) is 0 Å². The maximum atomic E-state index is 12.2. The summed E-state index contributed by atoms with van der Waals surface area (Å²) in [4.78, 5) is 43.8. The number of ether oxygens (including phenoxy) is 1. The highest BCUT2D eigenvalue weighted by atomic mass is 32.1. The Kier molecular flexibility index (Phi) is 4.66. The van der Waals surface area contributed by atoms with Gasteiger partial charge in [0, 0.05) is 6.04 Å². The third-order valence-electron chi connectivity index (χ3n) is 4.16. The van der Waals surface area contributed by atoms with E-state index in [0.29, 0.717) is 26.5 Å². The van der Waals surface area contributed by atoms with Crippen LogP contribution in [-0.2, 0) is 9.53 Å². The van der Waals surface area contributed by atoms with Crippen LogP contribution in [0.4, 0.5) is 0 Å². The van der Waals surface area contributed by atoms with Gasteiger partial charge in [-0.05, 0) is 32.3 Å². The van der Waals surface area contributed by atoms with Crippen LogP contribution in [0, 0.1) is 13.8 Å². The quantitative estimate of drug-likeness (QED) is 0.820. The van der Waals surface area contributed by atoms with E-state index in [4.69, 9.17) is 4.74 Å². The molecule has 7 nitrogen and oxygen atoms in total. The summed E-state index contributed by atoms with van der Waals surface area (Å²) in [5, 5.41) is 3.26. The lowest BCUT2D eigenvalue weighted by Gasteiger charge is -2.11. The zero-order valence-corrected chi connectivity index (χ0v) is 14.4. The minimum atomic E-state index is -0.603. The standard InChI is InChI=1S/C16H19N3O4S/c1-8-12-14(21)17-9(2)18-15(12)24-13(8)16(22)23-7-11(20)19-10-5-3-4-6-10/h10H,3-7H2,1-2H3,(H,19,20)(H,17,18,21). The van der Waals surface area contributed by atoms with Gasteiger partial charge in [-0.2, -0.15) is 0 Å². The van der Waals surface area contributed by atoms with Gasteiger partial charge in [0.05, 0.1) is 5.39 Å². The maximum absolute atomic E-state index is 12.2. The topological polar surface area (TPSA) is 101 Å². The highest BCUT2D eigenvalue weighted by Crippen LogP contribution is 2.27. The van der Waals surface area contributed by atoms with Crippen molar-refractivity contribution >= 4 is 33.4 Å². The summed E-state index contributed by atoms with van der Waals surface area (Å²) in [6.07, 6.45) is 4.19. The number of thiophene rings is 1. The smallest absolute Gasteiger partial charge is 0.349 e. The van der Waals surface area contributed by atoms with Crippen LogP contribution in [0.5, 0.6) is 0 Å². The number of hydrogen-bond donors (Lipinski definition) is 2. The lowest BCUT2D eigenvalue weighted by molar-refractivity contribution is -0.124. The fourth-order valence-corrected chi connectivity index (χ4v) is 4.10. The van der Waals surface area contributed by atoms with Crippen LogP contribution in [0.15, 0.2) is 4.79 Å². The number of nitrogens with zero attached hydrogens (tertiary/aromatic N) is 1. The van der Waals surface area contributed by atoms with Crippen LogP contribution in [0.25, 0.3) is 10.2 Å². The number of rotatable bonds is 4.